The molecule has 0 saturated carbocycles. The summed E-state index contributed by atoms with van der Waals surface area (Å²) in [6.07, 6.45) is 1.17. The van der Waals surface area contributed by atoms with Gasteiger partial charge in [0.1, 0.15) is 0 Å². The molecule has 108 valence electrons. The summed E-state index contributed by atoms with van der Waals surface area (Å²) >= 11 is 0. The van der Waals surface area contributed by atoms with Gasteiger partial charge in [-0.1, -0.05) is 13.3 Å². The van der Waals surface area contributed by atoms with E-state index in [9.17, 15) is 0 Å². The van der Waals surface area contributed by atoms with Crippen LogP contribution in [0.4, 0.5) is 5.69 Å². The first-order valence-corrected chi connectivity index (χ1v) is 6.74. The van der Waals surface area contributed by atoms with Crippen molar-refractivity contribution < 1.29 is 9.47 Å². The summed E-state index contributed by atoms with van der Waals surface area (Å²) < 4.78 is 10.6. The summed E-state index contributed by atoms with van der Waals surface area (Å²) in [5, 5.41) is 3.24. The summed E-state index contributed by atoms with van der Waals surface area (Å²) in [5.74, 6) is 2.18. The number of nitrogens with zero attached hydrogens (tertiary/aromatic N) is 1. The van der Waals surface area contributed by atoms with Gasteiger partial charge in [0.15, 0.2) is 11.5 Å². The number of anilines is 1. The van der Waals surface area contributed by atoms with E-state index >= 15 is 0 Å². The van der Waals surface area contributed by atoms with Gasteiger partial charge in [-0.05, 0) is 31.6 Å². The van der Waals surface area contributed by atoms with E-state index in [2.05, 4.69) is 30.3 Å². The molecule has 0 fully saturated rings. The molecule has 0 aliphatic heterocycles. The van der Waals surface area contributed by atoms with Gasteiger partial charge in [-0.3, -0.25) is 0 Å². The summed E-state index contributed by atoms with van der Waals surface area (Å²) in [7, 11) is 7.43. The maximum atomic E-state index is 5.34. The molecule has 19 heavy (non-hydrogen) atoms. The summed E-state index contributed by atoms with van der Waals surface area (Å²) in [6, 6.07) is 6.03. The molecule has 1 aromatic carbocycles. The second-order valence-corrected chi connectivity index (χ2v) is 4.75. The van der Waals surface area contributed by atoms with Crippen LogP contribution in [0.3, 0.4) is 0 Å². The third-order valence-corrected chi connectivity index (χ3v) is 3.41. The minimum absolute atomic E-state index is 0.642. The van der Waals surface area contributed by atoms with Crippen LogP contribution in [-0.4, -0.2) is 41.4 Å². The van der Waals surface area contributed by atoms with Crippen LogP contribution in [0, 0.1) is 5.92 Å². The zero-order valence-electron chi connectivity index (χ0n) is 12.7. The molecule has 1 unspecified atom stereocenters. The van der Waals surface area contributed by atoms with E-state index in [4.69, 9.17) is 9.47 Å². The van der Waals surface area contributed by atoms with E-state index in [0.29, 0.717) is 5.92 Å². The van der Waals surface area contributed by atoms with Gasteiger partial charge >= 0.3 is 0 Å². The number of methoxy groups -OCH3 is 2. The molecule has 0 spiro atoms. The summed E-state index contributed by atoms with van der Waals surface area (Å²) in [6.45, 7) is 4.28. The molecule has 1 aromatic rings. The largest absolute Gasteiger partial charge is 0.493 e. The lowest BCUT2D eigenvalue weighted by atomic mass is 10.1. The molecule has 0 saturated heterocycles. The number of hydrogen-bond acceptors (Lipinski definition) is 4. The molecule has 4 nitrogen and oxygen atoms in total. The molecule has 0 aromatic heterocycles. The monoisotopic (exact) mass is 266 g/mol. The maximum Gasteiger partial charge on any atom is 0.162 e. The average Bonchev–Trinajstić information content (AvgIpc) is 2.45. The lowest BCUT2D eigenvalue weighted by Gasteiger charge is -2.25. The number of hydrogen-bond donors (Lipinski definition) is 1. The third kappa shape index (κ3) is 4.31. The van der Waals surface area contributed by atoms with E-state index in [-0.39, 0.29) is 0 Å². The van der Waals surface area contributed by atoms with Crippen molar-refractivity contribution in [1.82, 2.24) is 5.32 Å². The van der Waals surface area contributed by atoms with Crippen molar-refractivity contribution >= 4 is 5.69 Å². The van der Waals surface area contributed by atoms with Crippen LogP contribution in [0.5, 0.6) is 11.5 Å². The van der Waals surface area contributed by atoms with Gasteiger partial charge < -0.3 is 19.7 Å². The Balaban J connectivity index is 2.78. The number of rotatable bonds is 8. The smallest absolute Gasteiger partial charge is 0.162 e. The summed E-state index contributed by atoms with van der Waals surface area (Å²) in [5.41, 5.74) is 1.15. The maximum absolute atomic E-state index is 5.34. The van der Waals surface area contributed by atoms with Crippen molar-refractivity contribution in [2.75, 3.05) is 46.3 Å². The van der Waals surface area contributed by atoms with Crippen LogP contribution in [-0.2, 0) is 0 Å². The van der Waals surface area contributed by atoms with E-state index in [1.165, 1.54) is 6.42 Å². The molecule has 0 aliphatic carbocycles. The van der Waals surface area contributed by atoms with Gasteiger partial charge in [0.2, 0.25) is 0 Å². The molecule has 0 radical (unpaired) electrons. The van der Waals surface area contributed by atoms with Crippen molar-refractivity contribution in [2.45, 2.75) is 13.3 Å². The Bertz CT molecular complexity index is 382. The Morgan fingerprint density at radius 2 is 1.89 bits per heavy atom. The molecule has 0 amide bonds. The third-order valence-electron chi connectivity index (χ3n) is 3.41. The van der Waals surface area contributed by atoms with Crippen molar-refractivity contribution in [3.8, 4) is 11.5 Å². The lowest BCUT2D eigenvalue weighted by Crippen LogP contribution is -2.31. The fourth-order valence-electron chi connectivity index (χ4n) is 2.18. The predicted octanol–water partition coefficient (Wildman–Crippen LogP) is 2.39. The van der Waals surface area contributed by atoms with Crippen molar-refractivity contribution in [3.63, 3.8) is 0 Å². The standard InChI is InChI=1S/C15H26N2O2/c1-6-12(10-16-2)11-17(3)13-7-8-14(18-4)15(9-13)19-5/h7-9,12,16H,6,10-11H2,1-5H3. The first kappa shape index (κ1) is 15.6. The zero-order chi connectivity index (χ0) is 14.3. The van der Waals surface area contributed by atoms with Crippen LogP contribution >= 0.6 is 0 Å². The number of nitrogens with one attached hydrogen (secondary N) is 1. The van der Waals surface area contributed by atoms with Crippen molar-refractivity contribution in [3.05, 3.63) is 18.2 Å². The molecular weight excluding hydrogens is 240 g/mol. The molecule has 0 aliphatic rings. The summed E-state index contributed by atoms with van der Waals surface area (Å²) in [4.78, 5) is 2.26. The average molecular weight is 266 g/mol. The van der Waals surface area contributed by atoms with Gasteiger partial charge in [-0.25, -0.2) is 0 Å². The second-order valence-electron chi connectivity index (χ2n) is 4.75. The highest BCUT2D eigenvalue weighted by molar-refractivity contribution is 5.56. The van der Waals surface area contributed by atoms with Gasteiger partial charge in [0.05, 0.1) is 14.2 Å². The molecule has 1 atom stereocenters. The Hall–Kier alpha value is -1.42. The van der Waals surface area contributed by atoms with Gasteiger partial charge in [-0.2, -0.15) is 0 Å². The fraction of sp³-hybridized carbons (Fsp3) is 0.600. The van der Waals surface area contributed by atoms with E-state index < -0.39 is 0 Å². The Labute approximate surface area is 116 Å². The second kappa shape index (κ2) is 7.89. The fourth-order valence-corrected chi connectivity index (χ4v) is 2.18. The highest BCUT2D eigenvalue weighted by Gasteiger charge is 2.12. The number of benzene rings is 1. The van der Waals surface area contributed by atoms with Gasteiger partial charge in [-0.15, -0.1) is 0 Å². The van der Waals surface area contributed by atoms with Crippen LogP contribution in [0.2, 0.25) is 0 Å². The molecule has 0 bridgehead atoms. The minimum Gasteiger partial charge on any atom is -0.493 e. The van der Waals surface area contributed by atoms with Crippen LogP contribution in [0.25, 0.3) is 0 Å². The first-order valence-electron chi connectivity index (χ1n) is 6.74. The Kier molecular flexibility index (Phi) is 6.50. The quantitative estimate of drug-likeness (QED) is 0.783. The zero-order valence-corrected chi connectivity index (χ0v) is 12.7. The molecule has 1 N–H and O–H groups in total. The van der Waals surface area contributed by atoms with Gasteiger partial charge in [0, 0.05) is 25.3 Å². The Morgan fingerprint density at radius 1 is 1.21 bits per heavy atom. The Morgan fingerprint density at radius 3 is 2.42 bits per heavy atom. The van der Waals surface area contributed by atoms with Crippen molar-refractivity contribution in [1.29, 1.82) is 0 Å². The lowest BCUT2D eigenvalue weighted by molar-refractivity contribution is 0.355. The van der Waals surface area contributed by atoms with Gasteiger partial charge in [0.25, 0.3) is 0 Å². The highest BCUT2D eigenvalue weighted by atomic mass is 16.5. The normalized spacial score (nSPS) is 12.1. The first-order chi connectivity index (χ1) is 9.15. The topological polar surface area (TPSA) is 33.7 Å². The minimum atomic E-state index is 0.642. The molecule has 0 heterocycles. The molecular formula is C15H26N2O2. The van der Waals surface area contributed by atoms with Crippen LogP contribution in [0.1, 0.15) is 13.3 Å². The number of ether oxygens (including phenoxy) is 2. The van der Waals surface area contributed by atoms with E-state index in [0.717, 1.165) is 30.3 Å². The van der Waals surface area contributed by atoms with Crippen LogP contribution in [0.15, 0.2) is 18.2 Å². The van der Waals surface area contributed by atoms with Crippen LogP contribution < -0.4 is 19.7 Å². The van der Waals surface area contributed by atoms with Crippen molar-refractivity contribution in [2.24, 2.45) is 5.92 Å². The SMILES string of the molecule is CCC(CNC)CN(C)c1ccc(OC)c(OC)c1. The van der Waals surface area contributed by atoms with E-state index in [1.54, 1.807) is 14.2 Å². The molecule has 1 rings (SSSR count). The predicted molar refractivity (Wildman–Crippen MR) is 80.5 cm³/mol. The highest BCUT2D eigenvalue weighted by Crippen LogP contribution is 2.31. The van der Waals surface area contributed by atoms with E-state index in [1.807, 2.05) is 19.2 Å². The molecule has 4 heteroatoms.